The summed E-state index contributed by atoms with van der Waals surface area (Å²) in [5.41, 5.74) is 19.0. The molecule has 4 heteroatoms. The molecule has 0 radical (unpaired) electrons. The molecule has 0 heterocycles. The van der Waals surface area contributed by atoms with Crippen LogP contribution in [0.1, 0.15) is 87.7 Å². The SMILES string of the molecule is Cc1ccc(O[C@H](C)C[C@H](C)Oc2ccc(C)cc2-c2cc(C)cc(C3c4ccccc4-c4ccccc43)c2O)c(-c2cc(C)cc(C3c4ccccc4-c4ccccc43)c2O)c1. The number of phenolic OH excluding ortho intramolecular Hbond substituents is 2. The van der Waals surface area contributed by atoms with E-state index in [1.807, 2.05) is 12.1 Å². The first-order chi connectivity index (χ1) is 30.5. The van der Waals surface area contributed by atoms with Crippen LogP contribution >= 0.6 is 0 Å². The normalized spacial score (nSPS) is 13.8. The molecule has 0 aliphatic heterocycles. The molecule has 8 aromatic carbocycles. The Balaban J connectivity index is 0.932. The molecule has 2 aliphatic rings. The number of phenols is 2. The van der Waals surface area contributed by atoms with E-state index in [2.05, 4.69) is 187 Å². The molecule has 0 aromatic heterocycles. The summed E-state index contributed by atoms with van der Waals surface area (Å²) >= 11 is 0. The van der Waals surface area contributed by atoms with Gasteiger partial charge in [-0.05, 0) is 134 Å². The molecular formula is C59H52O4. The molecule has 0 saturated heterocycles. The summed E-state index contributed by atoms with van der Waals surface area (Å²) in [5, 5.41) is 24.6. The summed E-state index contributed by atoms with van der Waals surface area (Å²) in [6.45, 7) is 12.5. The van der Waals surface area contributed by atoms with Crippen molar-refractivity contribution in [3.8, 4) is 67.5 Å². The predicted molar refractivity (Wildman–Crippen MR) is 256 cm³/mol. The lowest BCUT2D eigenvalue weighted by Crippen LogP contribution is -2.23. The number of hydrogen-bond donors (Lipinski definition) is 2. The van der Waals surface area contributed by atoms with Crippen molar-refractivity contribution >= 4 is 0 Å². The van der Waals surface area contributed by atoms with Gasteiger partial charge in [0, 0.05) is 51.6 Å². The molecular weight excluding hydrogens is 773 g/mol. The van der Waals surface area contributed by atoms with Crippen LogP contribution in [-0.2, 0) is 0 Å². The second-order valence-corrected chi connectivity index (χ2v) is 17.8. The largest absolute Gasteiger partial charge is 0.507 e. The molecule has 63 heavy (non-hydrogen) atoms. The molecule has 0 spiro atoms. The third kappa shape index (κ3) is 7.14. The molecule has 2 N–H and O–H groups in total. The highest BCUT2D eigenvalue weighted by atomic mass is 16.5. The third-order valence-corrected chi connectivity index (χ3v) is 13.0. The number of aryl methyl sites for hydroxylation is 4. The Morgan fingerprint density at radius 2 is 0.683 bits per heavy atom. The van der Waals surface area contributed by atoms with Crippen LogP contribution < -0.4 is 9.47 Å². The average molecular weight is 825 g/mol. The molecule has 2 atom stereocenters. The van der Waals surface area contributed by atoms with Crippen molar-refractivity contribution < 1.29 is 19.7 Å². The lowest BCUT2D eigenvalue weighted by Gasteiger charge is -2.25. The standard InChI is InChI=1S/C59H52O4/c1-34-23-25-54(48(27-34)50-29-36(3)31-52(58(50)60)56-44-19-11-7-15-40(44)41-16-8-12-20-45(41)56)62-38(5)33-39(6)63-55-26-24-35(2)28-49(55)51-30-37(4)32-53(59(51)61)57-46-21-13-9-17-42(46)43-18-10-14-22-47(43)57/h7-32,38-39,56-57,60-61H,33H2,1-6H3/t38-,39+. The fourth-order valence-corrected chi connectivity index (χ4v) is 10.4. The zero-order chi connectivity index (χ0) is 43.5. The maximum Gasteiger partial charge on any atom is 0.127 e. The monoisotopic (exact) mass is 824 g/mol. The molecule has 0 fully saturated rings. The first-order valence-electron chi connectivity index (χ1n) is 22.1. The van der Waals surface area contributed by atoms with Crippen molar-refractivity contribution in [3.63, 3.8) is 0 Å². The van der Waals surface area contributed by atoms with Crippen LogP contribution in [0, 0.1) is 27.7 Å². The Hall–Kier alpha value is -7.04. The topological polar surface area (TPSA) is 58.9 Å². The van der Waals surface area contributed by atoms with Gasteiger partial charge in [0.15, 0.2) is 0 Å². The summed E-state index contributed by atoms with van der Waals surface area (Å²) < 4.78 is 13.6. The zero-order valence-corrected chi connectivity index (χ0v) is 36.7. The summed E-state index contributed by atoms with van der Waals surface area (Å²) in [5.74, 6) is 1.79. The molecule has 312 valence electrons. The van der Waals surface area contributed by atoms with Crippen molar-refractivity contribution in [1.29, 1.82) is 0 Å². The van der Waals surface area contributed by atoms with Crippen molar-refractivity contribution in [2.45, 2.75) is 72.0 Å². The van der Waals surface area contributed by atoms with E-state index in [0.717, 1.165) is 55.6 Å². The highest BCUT2D eigenvalue weighted by Gasteiger charge is 2.34. The first kappa shape index (κ1) is 40.1. The lowest BCUT2D eigenvalue weighted by molar-refractivity contribution is 0.131. The highest BCUT2D eigenvalue weighted by Crippen LogP contribution is 2.54. The Bertz CT molecular complexity index is 2770. The number of aromatic hydroxyl groups is 2. The Kier molecular flexibility index (Phi) is 10.2. The van der Waals surface area contributed by atoms with E-state index < -0.39 is 0 Å². The second kappa shape index (κ2) is 16.0. The number of ether oxygens (including phenoxy) is 2. The van der Waals surface area contributed by atoms with Crippen LogP contribution in [-0.4, -0.2) is 22.4 Å². The maximum atomic E-state index is 12.3. The molecule has 2 aliphatic carbocycles. The summed E-state index contributed by atoms with van der Waals surface area (Å²) in [6, 6.07) is 54.9. The summed E-state index contributed by atoms with van der Waals surface area (Å²) in [6.07, 6.45) is 0.149. The number of fused-ring (bicyclic) bond motifs is 6. The van der Waals surface area contributed by atoms with E-state index >= 15 is 0 Å². The summed E-state index contributed by atoms with van der Waals surface area (Å²) in [7, 11) is 0. The molecule has 0 bridgehead atoms. The van der Waals surface area contributed by atoms with E-state index in [4.69, 9.17) is 9.47 Å². The maximum absolute atomic E-state index is 12.3. The fraction of sp³-hybridized carbons (Fsp3) is 0.186. The Labute approximate surface area is 371 Å². The van der Waals surface area contributed by atoms with Crippen LogP contribution in [0.3, 0.4) is 0 Å². The predicted octanol–water partition coefficient (Wildman–Crippen LogP) is 14.6. The lowest BCUT2D eigenvalue weighted by atomic mass is 9.85. The molecule has 0 saturated carbocycles. The summed E-state index contributed by atoms with van der Waals surface area (Å²) in [4.78, 5) is 0. The van der Waals surface area contributed by atoms with E-state index in [0.29, 0.717) is 17.9 Å². The first-order valence-corrected chi connectivity index (χ1v) is 22.1. The van der Waals surface area contributed by atoms with Crippen molar-refractivity contribution in [3.05, 3.63) is 213 Å². The van der Waals surface area contributed by atoms with Crippen LogP contribution in [0.25, 0.3) is 44.5 Å². The Morgan fingerprint density at radius 3 is 1.03 bits per heavy atom. The second-order valence-electron chi connectivity index (χ2n) is 17.8. The molecule has 0 unspecified atom stereocenters. The van der Waals surface area contributed by atoms with Gasteiger partial charge in [-0.1, -0.05) is 132 Å². The quantitative estimate of drug-likeness (QED) is 0.144. The van der Waals surface area contributed by atoms with Gasteiger partial charge in [-0.3, -0.25) is 0 Å². The molecule has 0 amide bonds. The van der Waals surface area contributed by atoms with E-state index in [1.54, 1.807) is 0 Å². The average Bonchev–Trinajstić information content (AvgIpc) is 3.79. The fourth-order valence-electron chi connectivity index (χ4n) is 10.4. The third-order valence-electron chi connectivity index (χ3n) is 13.0. The van der Waals surface area contributed by atoms with Crippen LogP contribution in [0.5, 0.6) is 23.0 Å². The van der Waals surface area contributed by atoms with Crippen LogP contribution in [0.4, 0.5) is 0 Å². The van der Waals surface area contributed by atoms with Gasteiger partial charge in [-0.25, -0.2) is 0 Å². The Morgan fingerprint density at radius 1 is 0.365 bits per heavy atom. The van der Waals surface area contributed by atoms with Gasteiger partial charge in [0.05, 0.1) is 12.2 Å². The number of hydrogen-bond acceptors (Lipinski definition) is 4. The highest BCUT2D eigenvalue weighted by molar-refractivity contribution is 5.86. The van der Waals surface area contributed by atoms with Crippen molar-refractivity contribution in [2.75, 3.05) is 0 Å². The zero-order valence-electron chi connectivity index (χ0n) is 36.7. The van der Waals surface area contributed by atoms with Crippen molar-refractivity contribution in [2.24, 2.45) is 0 Å². The minimum atomic E-state index is -0.225. The van der Waals surface area contributed by atoms with Crippen LogP contribution in [0.2, 0.25) is 0 Å². The van der Waals surface area contributed by atoms with Crippen LogP contribution in [0.15, 0.2) is 158 Å². The van der Waals surface area contributed by atoms with Gasteiger partial charge in [0.1, 0.15) is 23.0 Å². The van der Waals surface area contributed by atoms with Gasteiger partial charge < -0.3 is 19.7 Å². The van der Waals surface area contributed by atoms with Gasteiger partial charge in [-0.2, -0.15) is 0 Å². The van der Waals surface area contributed by atoms with Gasteiger partial charge in [0.25, 0.3) is 0 Å². The van der Waals surface area contributed by atoms with Gasteiger partial charge in [0.2, 0.25) is 0 Å². The minimum absolute atomic E-state index is 0.0849. The molecule has 8 aromatic rings. The van der Waals surface area contributed by atoms with E-state index in [-0.39, 0.29) is 35.5 Å². The molecule has 4 nitrogen and oxygen atoms in total. The van der Waals surface area contributed by atoms with Gasteiger partial charge >= 0.3 is 0 Å². The van der Waals surface area contributed by atoms with Crippen molar-refractivity contribution in [1.82, 2.24) is 0 Å². The van der Waals surface area contributed by atoms with E-state index in [1.165, 1.54) is 44.5 Å². The number of benzene rings is 8. The smallest absolute Gasteiger partial charge is 0.127 e. The minimum Gasteiger partial charge on any atom is -0.507 e. The molecule has 10 rings (SSSR count). The van der Waals surface area contributed by atoms with Gasteiger partial charge in [-0.15, -0.1) is 0 Å². The number of rotatable bonds is 10. The van der Waals surface area contributed by atoms with E-state index in [9.17, 15) is 10.2 Å².